The Hall–Kier alpha value is -3.31. The number of anilines is 1. The van der Waals surface area contributed by atoms with Crippen molar-refractivity contribution in [2.45, 2.75) is 38.0 Å². The first-order chi connectivity index (χ1) is 18.2. The normalized spacial score (nSPS) is 17.0. The van der Waals surface area contributed by atoms with Crippen LogP contribution in [0.25, 0.3) is 17.2 Å². The van der Waals surface area contributed by atoms with Gasteiger partial charge in [0.1, 0.15) is 5.75 Å². The van der Waals surface area contributed by atoms with Crippen LogP contribution in [0.5, 0.6) is 5.75 Å². The van der Waals surface area contributed by atoms with Gasteiger partial charge in [0.25, 0.3) is 5.91 Å². The lowest BCUT2D eigenvalue weighted by molar-refractivity contribution is -0.137. The number of amides is 1. The summed E-state index contributed by atoms with van der Waals surface area (Å²) in [6.07, 6.45) is 3.30. The quantitative estimate of drug-likeness (QED) is 0.333. The third kappa shape index (κ3) is 6.21. The second-order valence-electron chi connectivity index (χ2n) is 9.97. The predicted molar refractivity (Wildman–Crippen MR) is 145 cm³/mol. The highest BCUT2D eigenvalue weighted by molar-refractivity contribution is 7.63. The number of carbonyl (C=O) groups is 1. The molecule has 0 atom stereocenters. The average molecular weight is 540 g/mol. The van der Waals surface area contributed by atoms with Gasteiger partial charge in [0.2, 0.25) is 0 Å². The zero-order valence-corrected chi connectivity index (χ0v) is 21.8. The Balaban J connectivity index is 1.30. The lowest BCUT2D eigenvalue weighted by Gasteiger charge is -2.22. The first kappa shape index (κ1) is 26.3. The fraction of sp³-hybridized carbons (Fsp3) is 0.300. The SMILES string of the molecule is O=C(Nc1ccc(CP2(=O)CCCCC2)cc1)C1=Cc2cc(-c3ccc(C(F)(F)F)cc3)ccc2OCC1. The van der Waals surface area contributed by atoms with E-state index < -0.39 is 18.9 Å². The van der Waals surface area contributed by atoms with E-state index >= 15 is 0 Å². The molecule has 0 bridgehead atoms. The van der Waals surface area contributed by atoms with Crippen molar-refractivity contribution in [1.29, 1.82) is 0 Å². The molecule has 0 unspecified atom stereocenters. The van der Waals surface area contributed by atoms with Gasteiger partial charge >= 0.3 is 6.18 Å². The second-order valence-corrected chi connectivity index (χ2v) is 13.3. The zero-order chi connectivity index (χ0) is 26.8. The molecule has 2 aliphatic heterocycles. The lowest BCUT2D eigenvalue weighted by Crippen LogP contribution is -2.15. The van der Waals surface area contributed by atoms with E-state index in [2.05, 4.69) is 5.32 Å². The summed E-state index contributed by atoms with van der Waals surface area (Å²) < 4.78 is 57.6. The summed E-state index contributed by atoms with van der Waals surface area (Å²) in [5, 5.41) is 2.94. The van der Waals surface area contributed by atoms with Crippen molar-refractivity contribution in [2.75, 3.05) is 24.2 Å². The molecule has 3 aromatic rings. The first-order valence-corrected chi connectivity index (χ1v) is 15.1. The van der Waals surface area contributed by atoms with Crippen LogP contribution >= 0.6 is 7.14 Å². The van der Waals surface area contributed by atoms with Gasteiger partial charge in [0, 0.05) is 41.7 Å². The number of benzene rings is 3. The number of nitrogens with one attached hydrogen (secondary N) is 1. The molecule has 1 fully saturated rings. The van der Waals surface area contributed by atoms with E-state index in [1.807, 2.05) is 30.3 Å². The summed E-state index contributed by atoms with van der Waals surface area (Å²) in [6.45, 7) is 0.333. The number of ether oxygens (including phenoxy) is 1. The van der Waals surface area contributed by atoms with Gasteiger partial charge in [-0.3, -0.25) is 4.79 Å². The fourth-order valence-electron chi connectivity index (χ4n) is 5.02. The van der Waals surface area contributed by atoms with E-state index in [1.54, 1.807) is 18.2 Å². The number of alkyl halides is 3. The van der Waals surface area contributed by atoms with Crippen molar-refractivity contribution in [3.8, 4) is 16.9 Å². The molecule has 3 aromatic carbocycles. The minimum Gasteiger partial charge on any atom is -0.493 e. The Labute approximate surface area is 220 Å². The standard InChI is InChI=1S/C30H29F3NO3P/c31-30(32,33)26-9-6-22(7-10-26)23-8-13-28-25(18-23)19-24(14-15-37-28)29(35)34-27-11-4-21(5-12-27)20-38(36)16-2-1-3-17-38/h4-13,18-19H,1-3,14-17,20H2,(H,34,35). The molecule has 8 heteroatoms. The lowest BCUT2D eigenvalue weighted by atomic mass is 9.99. The fourth-order valence-corrected chi connectivity index (χ4v) is 8.03. The van der Waals surface area contributed by atoms with Gasteiger partial charge in [0.05, 0.1) is 19.3 Å². The van der Waals surface area contributed by atoms with Crippen LogP contribution in [-0.4, -0.2) is 24.8 Å². The van der Waals surface area contributed by atoms with Gasteiger partial charge in [-0.2, -0.15) is 13.2 Å². The van der Waals surface area contributed by atoms with E-state index in [9.17, 15) is 22.5 Å². The summed E-state index contributed by atoms with van der Waals surface area (Å²) in [5.74, 6) is 0.375. The van der Waals surface area contributed by atoms with Crippen molar-refractivity contribution in [1.82, 2.24) is 0 Å². The van der Waals surface area contributed by atoms with Gasteiger partial charge in [-0.1, -0.05) is 36.8 Å². The number of hydrogen-bond donors (Lipinski definition) is 1. The highest BCUT2D eigenvalue weighted by Gasteiger charge is 2.30. The van der Waals surface area contributed by atoms with Crippen molar-refractivity contribution in [3.63, 3.8) is 0 Å². The number of hydrogen-bond acceptors (Lipinski definition) is 3. The molecule has 0 aliphatic carbocycles. The van der Waals surface area contributed by atoms with Crippen molar-refractivity contribution in [3.05, 3.63) is 89.0 Å². The molecule has 5 rings (SSSR count). The summed E-state index contributed by atoms with van der Waals surface area (Å²) >= 11 is 0. The van der Waals surface area contributed by atoms with Crippen molar-refractivity contribution < 1.29 is 27.3 Å². The summed E-state index contributed by atoms with van der Waals surface area (Å²) in [5.41, 5.74) is 3.59. The zero-order valence-electron chi connectivity index (χ0n) is 20.9. The van der Waals surface area contributed by atoms with E-state index in [1.165, 1.54) is 12.1 Å². The third-order valence-corrected chi connectivity index (χ3v) is 10.3. The van der Waals surface area contributed by atoms with Crippen molar-refractivity contribution in [2.24, 2.45) is 0 Å². The Morgan fingerprint density at radius 1 is 0.895 bits per heavy atom. The predicted octanol–water partition coefficient (Wildman–Crippen LogP) is 8.22. The molecule has 1 saturated heterocycles. The van der Waals surface area contributed by atoms with Crippen LogP contribution < -0.4 is 10.1 Å². The number of rotatable bonds is 5. The minimum absolute atomic E-state index is 0.241. The van der Waals surface area contributed by atoms with E-state index in [-0.39, 0.29) is 5.91 Å². The largest absolute Gasteiger partial charge is 0.493 e. The van der Waals surface area contributed by atoms with Crippen molar-refractivity contribution >= 4 is 24.8 Å². The van der Waals surface area contributed by atoms with Gasteiger partial charge in [-0.25, -0.2) is 0 Å². The number of fused-ring (bicyclic) bond motifs is 1. The number of carbonyl (C=O) groups excluding carboxylic acids is 1. The highest BCUT2D eigenvalue weighted by atomic mass is 31.2. The van der Waals surface area contributed by atoms with Gasteiger partial charge in [0.15, 0.2) is 0 Å². The molecule has 0 saturated carbocycles. The molecule has 38 heavy (non-hydrogen) atoms. The maximum absolute atomic E-state index is 13.1. The molecular weight excluding hydrogens is 510 g/mol. The van der Waals surface area contributed by atoms with Crippen LogP contribution in [0.15, 0.2) is 72.3 Å². The molecule has 2 heterocycles. The minimum atomic E-state index is -4.39. The Kier molecular flexibility index (Phi) is 7.49. The maximum Gasteiger partial charge on any atom is 0.416 e. The maximum atomic E-state index is 13.1. The molecule has 0 radical (unpaired) electrons. The Morgan fingerprint density at radius 3 is 2.26 bits per heavy atom. The van der Waals surface area contributed by atoms with Crippen LogP contribution in [-0.2, 0) is 21.7 Å². The first-order valence-electron chi connectivity index (χ1n) is 12.8. The monoisotopic (exact) mass is 539 g/mol. The molecule has 4 nitrogen and oxygen atoms in total. The van der Waals surface area contributed by atoms with Crippen LogP contribution in [0, 0.1) is 0 Å². The molecule has 1 N–H and O–H groups in total. The van der Waals surface area contributed by atoms with Crippen LogP contribution in [0.4, 0.5) is 18.9 Å². The smallest absolute Gasteiger partial charge is 0.416 e. The highest BCUT2D eigenvalue weighted by Crippen LogP contribution is 2.53. The third-order valence-electron chi connectivity index (χ3n) is 7.12. The van der Waals surface area contributed by atoms with Crippen LogP contribution in [0.3, 0.4) is 0 Å². The van der Waals surface area contributed by atoms with E-state index in [0.29, 0.717) is 47.3 Å². The van der Waals surface area contributed by atoms with Gasteiger partial charge < -0.3 is 14.6 Å². The van der Waals surface area contributed by atoms with Crippen LogP contribution in [0.2, 0.25) is 0 Å². The molecule has 1 amide bonds. The summed E-state index contributed by atoms with van der Waals surface area (Å²) in [7, 11) is -2.13. The molecule has 0 aromatic heterocycles. The van der Waals surface area contributed by atoms with E-state index in [0.717, 1.165) is 54.8 Å². The Bertz CT molecular complexity index is 1390. The van der Waals surface area contributed by atoms with E-state index in [4.69, 9.17) is 4.74 Å². The Morgan fingerprint density at radius 2 is 1.58 bits per heavy atom. The van der Waals surface area contributed by atoms with Crippen LogP contribution in [0.1, 0.15) is 42.4 Å². The molecule has 198 valence electrons. The summed E-state index contributed by atoms with van der Waals surface area (Å²) in [6, 6.07) is 17.9. The summed E-state index contributed by atoms with van der Waals surface area (Å²) in [4.78, 5) is 13.1. The molecule has 2 aliphatic rings. The molecule has 0 spiro atoms. The molecular formula is C30H29F3NO3P. The second kappa shape index (κ2) is 10.8. The van der Waals surface area contributed by atoms with Gasteiger partial charge in [-0.05, 0) is 72.0 Å². The topological polar surface area (TPSA) is 55.4 Å². The van der Waals surface area contributed by atoms with Gasteiger partial charge in [-0.15, -0.1) is 0 Å². The average Bonchev–Trinajstić information content (AvgIpc) is 3.12. The number of halogens is 3.